The van der Waals surface area contributed by atoms with Crippen LogP contribution in [0.3, 0.4) is 0 Å². The maximum absolute atomic E-state index is 12.0. The number of imidazole rings is 1. The van der Waals surface area contributed by atoms with Crippen molar-refractivity contribution in [2.45, 2.75) is 79.0 Å². The Bertz CT molecular complexity index is 3110. The molecule has 0 bridgehead atoms. The molecule has 2 aromatic heterocycles. The Morgan fingerprint density at radius 1 is 0.695 bits per heavy atom. The molecular formula is C54H52N3OPt-. The molecule has 0 spiro atoms. The predicted octanol–water partition coefficient (Wildman–Crippen LogP) is 14.3. The van der Waals surface area contributed by atoms with Gasteiger partial charge in [-0.25, -0.2) is 4.98 Å². The summed E-state index contributed by atoms with van der Waals surface area (Å²) < 4.78 is 53.2. The van der Waals surface area contributed by atoms with Crippen LogP contribution in [0.1, 0.15) is 91.8 Å². The Morgan fingerprint density at radius 3 is 2.08 bits per heavy atom. The molecule has 0 atom stereocenters. The number of aromatic nitrogens is 3. The number of aromatic hydroxyl groups is 1. The van der Waals surface area contributed by atoms with Gasteiger partial charge in [-0.3, -0.25) is 9.55 Å². The Kier molecular flexibility index (Phi) is 9.44. The molecule has 0 fully saturated rings. The maximum Gasteiger partial charge on any atom is 0.148 e. The minimum atomic E-state index is -0.861. The second kappa shape index (κ2) is 16.2. The monoisotopic (exact) mass is 959 g/mol. The molecule has 8 rings (SSSR count). The summed E-state index contributed by atoms with van der Waals surface area (Å²) in [5.74, 6) is -0.158. The molecule has 6 aromatic carbocycles. The Balaban J connectivity index is 0.00000630. The van der Waals surface area contributed by atoms with Gasteiger partial charge in [0.2, 0.25) is 0 Å². The molecule has 4 nitrogen and oxygen atoms in total. The van der Waals surface area contributed by atoms with Crippen LogP contribution in [-0.4, -0.2) is 19.6 Å². The summed E-state index contributed by atoms with van der Waals surface area (Å²) in [5.41, 5.74) is 11.3. The van der Waals surface area contributed by atoms with Crippen molar-refractivity contribution >= 4 is 11.0 Å². The summed E-state index contributed by atoms with van der Waals surface area (Å²) in [5, 5.41) is 12.0. The number of para-hydroxylation sites is 1. The molecule has 5 heteroatoms. The van der Waals surface area contributed by atoms with Crippen LogP contribution in [0.2, 0.25) is 0 Å². The molecule has 0 aliphatic carbocycles. The van der Waals surface area contributed by atoms with E-state index in [2.05, 4.69) is 82.5 Å². The zero-order valence-electron chi connectivity index (χ0n) is 41.0. The molecule has 8 aromatic rings. The van der Waals surface area contributed by atoms with Gasteiger partial charge >= 0.3 is 0 Å². The Labute approximate surface area is 372 Å². The zero-order valence-corrected chi connectivity index (χ0v) is 37.3. The molecular weight excluding hydrogens is 902 g/mol. The summed E-state index contributed by atoms with van der Waals surface area (Å²) in [4.78, 5) is 10.2. The van der Waals surface area contributed by atoms with Gasteiger partial charge in [0.25, 0.3) is 0 Å². The number of phenolic OH excluding ortho intramolecular Hbond substituents is 1. The number of phenols is 1. The third kappa shape index (κ3) is 8.21. The minimum absolute atomic E-state index is 0. The van der Waals surface area contributed by atoms with E-state index in [1.807, 2.05) is 81.4 Å². The van der Waals surface area contributed by atoms with Crippen LogP contribution in [0.15, 0.2) is 140 Å². The minimum Gasteiger partial charge on any atom is -0.507 e. The summed E-state index contributed by atoms with van der Waals surface area (Å²) in [6.45, 7) is 18.6. The number of benzene rings is 6. The van der Waals surface area contributed by atoms with E-state index in [1.165, 1.54) is 0 Å². The fraction of sp³-hybridized carbons (Fsp3) is 0.222. The first kappa shape index (κ1) is 34.3. The van der Waals surface area contributed by atoms with E-state index in [0.29, 0.717) is 33.7 Å². The van der Waals surface area contributed by atoms with Gasteiger partial charge in [-0.2, -0.15) is 0 Å². The molecule has 59 heavy (non-hydrogen) atoms. The topological polar surface area (TPSA) is 50.9 Å². The third-order valence-corrected chi connectivity index (χ3v) is 10.8. The fourth-order valence-electron chi connectivity index (χ4n) is 7.43. The van der Waals surface area contributed by atoms with Crippen molar-refractivity contribution in [1.82, 2.24) is 14.5 Å². The Morgan fingerprint density at radius 2 is 1.39 bits per heavy atom. The average molecular weight is 960 g/mol. The van der Waals surface area contributed by atoms with E-state index in [4.69, 9.17) is 18.2 Å². The first-order valence-corrected chi connectivity index (χ1v) is 19.7. The molecule has 0 unspecified atom stereocenters. The number of nitrogens with zero attached hydrogens (tertiary/aromatic N) is 3. The van der Waals surface area contributed by atoms with Crippen LogP contribution in [0.4, 0.5) is 0 Å². The van der Waals surface area contributed by atoms with Crippen molar-refractivity contribution in [3.05, 3.63) is 168 Å². The normalized spacial score (nSPS) is 13.5. The van der Waals surface area contributed by atoms with Crippen molar-refractivity contribution in [1.29, 1.82) is 0 Å². The SMILES string of the molecule is [2H]c1c([2H])c([2H])c(-c2ccnc(-c3[c-]c(-c4cccc5c4nc(-c4cc(C(C)(C)C)cc(C)c4O)n5-c4ccc(C([2H])(C)C)cc4-c4ccccc4)cc(C(C)(C)C)c3)c2)c([2H])c1[2H].[Pt]. The standard InChI is InChI=1S/C54H52N3O.Pt/c1-34(2)38-23-24-48(45(31-38)37-19-14-11-15-20-37)57-49-22-16-21-44(50(49)56-52(57)46-33-42(53(4,5)6)27-35(3)51(46)58)40-28-41(30-43(29-40)54(7,8)9)47-32-39(25-26-55-47)36-17-12-10-13-18-36;/h10-27,29-34,58H,1-9H3;/q-1;/i10D,12D,13D,17D,18D,34D;. The van der Waals surface area contributed by atoms with Crippen molar-refractivity contribution in [3.8, 4) is 67.5 Å². The van der Waals surface area contributed by atoms with Crippen LogP contribution >= 0.6 is 0 Å². The molecule has 0 aliphatic heterocycles. The molecule has 0 aliphatic rings. The number of hydrogen-bond donors (Lipinski definition) is 1. The first-order valence-electron chi connectivity index (χ1n) is 22.7. The van der Waals surface area contributed by atoms with E-state index in [1.54, 1.807) is 18.3 Å². The maximum atomic E-state index is 12.0. The number of fused-ring (bicyclic) bond motifs is 1. The summed E-state index contributed by atoms with van der Waals surface area (Å²) in [7, 11) is 0. The van der Waals surface area contributed by atoms with E-state index in [9.17, 15) is 5.11 Å². The second-order valence-electron chi connectivity index (χ2n) is 17.4. The van der Waals surface area contributed by atoms with Gasteiger partial charge in [-0.1, -0.05) is 157 Å². The van der Waals surface area contributed by atoms with Gasteiger partial charge < -0.3 is 5.11 Å². The van der Waals surface area contributed by atoms with Crippen LogP contribution in [0, 0.1) is 13.0 Å². The van der Waals surface area contributed by atoms with Crippen LogP contribution < -0.4 is 0 Å². The van der Waals surface area contributed by atoms with Crippen molar-refractivity contribution in [2.24, 2.45) is 0 Å². The predicted molar refractivity (Wildman–Crippen MR) is 243 cm³/mol. The van der Waals surface area contributed by atoms with Crippen molar-refractivity contribution in [3.63, 3.8) is 0 Å². The molecule has 0 amide bonds. The van der Waals surface area contributed by atoms with Crippen molar-refractivity contribution in [2.75, 3.05) is 0 Å². The van der Waals surface area contributed by atoms with E-state index in [-0.39, 0.29) is 55.3 Å². The molecule has 300 valence electrons. The van der Waals surface area contributed by atoms with E-state index >= 15 is 0 Å². The summed E-state index contributed by atoms with van der Waals surface area (Å²) in [6, 6.07) is 35.9. The van der Waals surface area contributed by atoms with Crippen LogP contribution in [0.25, 0.3) is 72.7 Å². The number of rotatable bonds is 7. The number of hydrogen-bond acceptors (Lipinski definition) is 3. The van der Waals surface area contributed by atoms with E-state index in [0.717, 1.165) is 55.7 Å². The van der Waals surface area contributed by atoms with Crippen LogP contribution in [0.5, 0.6) is 5.75 Å². The smallest absolute Gasteiger partial charge is 0.148 e. The zero-order chi connectivity index (χ0) is 46.2. The molecule has 0 saturated heterocycles. The molecule has 1 N–H and O–H groups in total. The summed E-state index contributed by atoms with van der Waals surface area (Å²) >= 11 is 0. The van der Waals surface area contributed by atoms with Gasteiger partial charge in [0.15, 0.2) is 0 Å². The van der Waals surface area contributed by atoms with Gasteiger partial charge in [-0.15, -0.1) is 29.3 Å². The number of aryl methyl sites for hydroxylation is 1. The average Bonchev–Trinajstić information content (AvgIpc) is 3.64. The second-order valence-corrected chi connectivity index (χ2v) is 17.4. The van der Waals surface area contributed by atoms with Crippen molar-refractivity contribution < 1.29 is 34.4 Å². The Hall–Kier alpha value is -5.57. The van der Waals surface area contributed by atoms with E-state index < -0.39 is 24.0 Å². The molecule has 0 saturated carbocycles. The van der Waals surface area contributed by atoms with Crippen LogP contribution in [-0.2, 0) is 31.9 Å². The summed E-state index contributed by atoms with van der Waals surface area (Å²) in [6.07, 6.45) is 1.59. The fourth-order valence-corrected chi connectivity index (χ4v) is 7.43. The molecule has 2 heterocycles. The van der Waals surface area contributed by atoms with Gasteiger partial charge in [0.1, 0.15) is 11.6 Å². The van der Waals surface area contributed by atoms with Gasteiger partial charge in [0, 0.05) is 39.9 Å². The third-order valence-electron chi connectivity index (χ3n) is 10.8. The quantitative estimate of drug-likeness (QED) is 0.162. The molecule has 0 radical (unpaired) electrons. The number of pyridine rings is 1. The van der Waals surface area contributed by atoms with Gasteiger partial charge in [0.05, 0.1) is 29.1 Å². The van der Waals surface area contributed by atoms with Gasteiger partial charge in [-0.05, 0) is 87.4 Å². The first-order chi connectivity index (χ1) is 30.0. The largest absolute Gasteiger partial charge is 0.507 e.